The van der Waals surface area contributed by atoms with Crippen molar-refractivity contribution in [3.63, 3.8) is 0 Å². The minimum Gasteiger partial charge on any atom is -0.545 e. The summed E-state index contributed by atoms with van der Waals surface area (Å²) in [5, 5.41) is 7.00. The van der Waals surface area contributed by atoms with Crippen LogP contribution in [-0.4, -0.2) is 25.8 Å². The van der Waals surface area contributed by atoms with Crippen molar-refractivity contribution < 1.29 is 34.8 Å². The topological polar surface area (TPSA) is 54.4 Å². The van der Waals surface area contributed by atoms with Gasteiger partial charge in [0.25, 0.3) is 0 Å². The number of aliphatic hydroxyl groups excluding tert-OH is 1. The van der Waals surface area contributed by atoms with E-state index in [2.05, 4.69) is 41.3 Å². The van der Waals surface area contributed by atoms with Crippen LogP contribution < -0.4 is 0 Å². The molecule has 0 aromatic heterocycles. The van der Waals surface area contributed by atoms with Gasteiger partial charge < -0.3 is 22.1 Å². The molecule has 18 heavy (non-hydrogen) atoms. The Morgan fingerprint density at radius 1 is 0.944 bits per heavy atom. The number of hydrogen-bond acceptors (Lipinski definition) is 3. The van der Waals surface area contributed by atoms with Crippen molar-refractivity contribution >= 4 is 13.6 Å². The first-order valence-electron chi connectivity index (χ1n) is 5.64. The van der Waals surface area contributed by atoms with Gasteiger partial charge >= 0.3 is 20.1 Å². The van der Waals surface area contributed by atoms with Crippen LogP contribution >= 0.6 is 0 Å². The van der Waals surface area contributed by atoms with Crippen LogP contribution in [0.5, 0.6) is 0 Å². The van der Waals surface area contributed by atoms with Gasteiger partial charge in [-0.25, -0.2) is 0 Å². The van der Waals surface area contributed by atoms with Gasteiger partial charge in [-0.1, -0.05) is 40.5 Å². The average Bonchev–Trinajstić information content (AvgIpc) is 3.10. The summed E-state index contributed by atoms with van der Waals surface area (Å²) < 4.78 is 0. The van der Waals surface area contributed by atoms with Gasteiger partial charge in [-0.2, -0.15) is 0 Å². The van der Waals surface area contributed by atoms with Crippen LogP contribution in [0, 0.1) is 31.1 Å². The van der Waals surface area contributed by atoms with Gasteiger partial charge in [0, 0.05) is 7.11 Å². The Labute approximate surface area is 127 Å². The van der Waals surface area contributed by atoms with Crippen molar-refractivity contribution in [2.45, 2.75) is 40.5 Å². The summed E-state index contributed by atoms with van der Waals surface area (Å²) in [6.07, 6.45) is 2.81. The second kappa shape index (κ2) is 22.2. The molecule has 0 bridgehead atoms. The molecule has 0 saturated heterocycles. The van der Waals surface area contributed by atoms with Crippen molar-refractivity contribution in [2.24, 2.45) is 23.7 Å². The number of carbonyl (C=O) groups excluding carboxylic acids is 2. The largest absolute Gasteiger partial charge is 3.00 e. The molecule has 2 atom stereocenters. The van der Waals surface area contributed by atoms with Gasteiger partial charge in [0.05, 0.1) is 0 Å². The first-order chi connectivity index (χ1) is 7.72. The Kier molecular flexibility index (Phi) is 37.9. The van der Waals surface area contributed by atoms with E-state index in [0.29, 0.717) is 0 Å². The van der Waals surface area contributed by atoms with Crippen molar-refractivity contribution in [1.29, 1.82) is 0 Å². The summed E-state index contributed by atoms with van der Waals surface area (Å²) in [4.78, 5) is 15.5. The molecule has 1 N–H and O–H groups in total. The molecule has 1 saturated carbocycles. The summed E-state index contributed by atoms with van der Waals surface area (Å²) in [5.41, 5.74) is 0. The van der Waals surface area contributed by atoms with E-state index in [4.69, 9.17) is 14.7 Å². The van der Waals surface area contributed by atoms with Crippen LogP contribution in [0.2, 0.25) is 0 Å². The molecular formula is C14H29IrO3. The van der Waals surface area contributed by atoms with Crippen LogP contribution in [0.4, 0.5) is 0 Å². The van der Waals surface area contributed by atoms with E-state index < -0.39 is 0 Å². The van der Waals surface area contributed by atoms with E-state index in [9.17, 15) is 0 Å². The van der Waals surface area contributed by atoms with E-state index in [-0.39, 0.29) is 27.5 Å². The maximum atomic E-state index is 7.75. The Morgan fingerprint density at radius 2 is 1.17 bits per heavy atom. The molecule has 112 valence electrons. The molecule has 0 aliphatic heterocycles. The van der Waals surface area contributed by atoms with E-state index in [0.717, 1.165) is 30.8 Å². The van der Waals surface area contributed by atoms with Crippen LogP contribution in [0.25, 0.3) is 0 Å². The van der Waals surface area contributed by atoms with Crippen molar-refractivity contribution in [3.8, 4) is 0 Å². The third-order valence-corrected chi connectivity index (χ3v) is 3.11. The zero-order valence-electron chi connectivity index (χ0n) is 12.5. The van der Waals surface area contributed by atoms with Gasteiger partial charge in [0.15, 0.2) is 0 Å². The van der Waals surface area contributed by atoms with Crippen LogP contribution in [-0.2, 0) is 29.7 Å². The molecular weight excluding hydrogens is 408 g/mol. The number of aliphatic hydroxyl groups is 1. The molecule has 2 unspecified atom stereocenters. The summed E-state index contributed by atoms with van der Waals surface area (Å²) in [7, 11) is 1.00. The molecule has 0 radical (unpaired) electrons. The van der Waals surface area contributed by atoms with Crippen LogP contribution in [0.1, 0.15) is 40.5 Å². The fourth-order valence-corrected chi connectivity index (χ4v) is 2.61. The zero-order chi connectivity index (χ0) is 13.7. The van der Waals surface area contributed by atoms with Crippen molar-refractivity contribution in [3.05, 3.63) is 7.43 Å². The molecule has 1 fully saturated rings. The second-order valence-corrected chi connectivity index (χ2v) is 3.97. The molecule has 1 rings (SSSR count). The van der Waals surface area contributed by atoms with Gasteiger partial charge in [-0.15, -0.1) is 0 Å². The standard InChI is InChI=1S/C10H20.CH4O.2CHO.CH3.Ir/c1-5-8-9(6-2)10(8)7(3)4;3*1-2;;/h7-10H,5-6H2,1-4H3;2H,1H3;2*1H;1H3;/q;;3*-1;+3. The molecule has 0 spiro atoms. The smallest absolute Gasteiger partial charge is 0.545 e. The molecule has 4 heteroatoms. The van der Waals surface area contributed by atoms with E-state index in [1.165, 1.54) is 12.8 Å². The predicted octanol–water partition coefficient (Wildman–Crippen LogP) is 2.83. The summed E-state index contributed by atoms with van der Waals surface area (Å²) in [5.74, 6) is 4.14. The van der Waals surface area contributed by atoms with Gasteiger partial charge in [0.1, 0.15) is 0 Å². The normalized spacial score (nSPS) is 22.3. The number of hydrogen-bond donors (Lipinski definition) is 1. The van der Waals surface area contributed by atoms with Crippen LogP contribution in [0.3, 0.4) is 0 Å². The first-order valence-corrected chi connectivity index (χ1v) is 5.64. The average molecular weight is 438 g/mol. The molecule has 0 aromatic carbocycles. The SMILES string of the molecule is CCC1C(CC)C1C(C)C.CO.[CH-]=O.[CH-]=O.[CH3-].[Ir+3]. The predicted molar refractivity (Wildman–Crippen MR) is 73.9 cm³/mol. The molecule has 0 heterocycles. The molecule has 0 aromatic rings. The molecule has 1 aliphatic rings. The van der Waals surface area contributed by atoms with E-state index >= 15 is 0 Å². The van der Waals surface area contributed by atoms with E-state index in [1.807, 2.05) is 0 Å². The Hall–Kier alpha value is -0.0506. The maximum Gasteiger partial charge on any atom is 3.00 e. The minimum absolute atomic E-state index is 0. The van der Waals surface area contributed by atoms with Crippen molar-refractivity contribution in [2.75, 3.05) is 7.11 Å². The Bertz CT molecular complexity index is 131. The Morgan fingerprint density at radius 3 is 1.22 bits per heavy atom. The van der Waals surface area contributed by atoms with Crippen molar-refractivity contribution in [1.82, 2.24) is 0 Å². The van der Waals surface area contributed by atoms with Gasteiger partial charge in [-0.05, 0) is 23.7 Å². The molecule has 0 amide bonds. The van der Waals surface area contributed by atoms with E-state index in [1.54, 1.807) is 0 Å². The zero-order valence-corrected chi connectivity index (χ0v) is 14.9. The molecule has 3 nitrogen and oxygen atoms in total. The molecule has 1 aliphatic carbocycles. The quantitative estimate of drug-likeness (QED) is 0.546. The Balaban J connectivity index is -0.0000000623. The minimum atomic E-state index is 0. The second-order valence-electron chi connectivity index (χ2n) is 3.97. The fraction of sp³-hybridized carbons (Fsp3) is 0.786. The monoisotopic (exact) mass is 438 g/mol. The van der Waals surface area contributed by atoms with Gasteiger partial charge in [-0.3, -0.25) is 13.6 Å². The van der Waals surface area contributed by atoms with Gasteiger partial charge in [0.2, 0.25) is 0 Å². The number of rotatable bonds is 3. The third-order valence-electron chi connectivity index (χ3n) is 3.11. The summed E-state index contributed by atoms with van der Waals surface area (Å²) in [6, 6.07) is 0. The van der Waals surface area contributed by atoms with Crippen LogP contribution in [0.15, 0.2) is 0 Å². The first kappa shape index (κ1) is 30.8. The summed E-state index contributed by atoms with van der Waals surface area (Å²) >= 11 is 0. The third kappa shape index (κ3) is 11.1. The maximum absolute atomic E-state index is 7.75. The fourth-order valence-electron chi connectivity index (χ4n) is 2.61. The summed E-state index contributed by atoms with van der Waals surface area (Å²) in [6.45, 7) is 15.9.